The molecule has 210 valence electrons. The SMILES string of the molecule is CCCCCCCCCCCCC(C)c1cc(O)c(C(C)CCCCCCCCCCCC)cc1O. The summed E-state index contributed by atoms with van der Waals surface area (Å²) in [6.45, 7) is 8.93. The number of hydrogen-bond acceptors (Lipinski definition) is 2. The van der Waals surface area contributed by atoms with Crippen LogP contribution in [-0.4, -0.2) is 10.2 Å². The lowest BCUT2D eigenvalue weighted by Crippen LogP contribution is -1.99. The maximum Gasteiger partial charge on any atom is 0.119 e. The molecule has 0 aliphatic heterocycles. The van der Waals surface area contributed by atoms with E-state index in [0.717, 1.165) is 24.0 Å². The molecule has 2 unspecified atom stereocenters. The first-order chi connectivity index (χ1) is 17.5. The Balaban J connectivity index is 2.25. The molecule has 0 aliphatic carbocycles. The van der Waals surface area contributed by atoms with Gasteiger partial charge >= 0.3 is 0 Å². The molecule has 0 bridgehead atoms. The fourth-order valence-electron chi connectivity index (χ4n) is 5.59. The van der Waals surface area contributed by atoms with Gasteiger partial charge in [0, 0.05) is 11.1 Å². The lowest BCUT2D eigenvalue weighted by atomic mass is 9.88. The average Bonchev–Trinajstić information content (AvgIpc) is 2.87. The van der Waals surface area contributed by atoms with Crippen molar-refractivity contribution in [2.75, 3.05) is 0 Å². The van der Waals surface area contributed by atoms with Gasteiger partial charge in [-0.05, 0) is 36.8 Å². The number of aromatic hydroxyl groups is 2. The Morgan fingerprint density at radius 2 is 0.694 bits per heavy atom. The second-order valence-corrected chi connectivity index (χ2v) is 11.7. The van der Waals surface area contributed by atoms with Crippen LogP contribution < -0.4 is 0 Å². The molecule has 2 nitrogen and oxygen atoms in total. The van der Waals surface area contributed by atoms with E-state index in [2.05, 4.69) is 27.7 Å². The Kier molecular flexibility index (Phi) is 19.9. The van der Waals surface area contributed by atoms with Crippen LogP contribution in [0.25, 0.3) is 0 Å². The van der Waals surface area contributed by atoms with Crippen molar-refractivity contribution < 1.29 is 10.2 Å². The van der Waals surface area contributed by atoms with E-state index in [0.29, 0.717) is 11.5 Å². The zero-order valence-electron chi connectivity index (χ0n) is 24.8. The minimum absolute atomic E-state index is 0.288. The summed E-state index contributed by atoms with van der Waals surface area (Å²) < 4.78 is 0. The number of unbranched alkanes of at least 4 members (excludes halogenated alkanes) is 18. The van der Waals surface area contributed by atoms with Crippen LogP contribution in [0.2, 0.25) is 0 Å². The lowest BCUT2D eigenvalue weighted by Gasteiger charge is -2.19. The minimum atomic E-state index is 0.288. The predicted molar refractivity (Wildman–Crippen MR) is 160 cm³/mol. The zero-order chi connectivity index (χ0) is 26.4. The molecule has 0 amide bonds. The molecule has 0 heterocycles. The molecule has 0 spiro atoms. The Labute approximate surface area is 225 Å². The van der Waals surface area contributed by atoms with Gasteiger partial charge in [0.05, 0.1) is 0 Å². The van der Waals surface area contributed by atoms with Crippen LogP contribution in [0.5, 0.6) is 11.5 Å². The Morgan fingerprint density at radius 1 is 0.444 bits per heavy atom. The van der Waals surface area contributed by atoms with Gasteiger partial charge in [0.25, 0.3) is 0 Å². The highest BCUT2D eigenvalue weighted by Crippen LogP contribution is 2.39. The van der Waals surface area contributed by atoms with E-state index in [9.17, 15) is 10.2 Å². The lowest BCUT2D eigenvalue weighted by molar-refractivity contribution is 0.433. The van der Waals surface area contributed by atoms with Crippen molar-refractivity contribution in [1.82, 2.24) is 0 Å². The van der Waals surface area contributed by atoms with Gasteiger partial charge in [-0.15, -0.1) is 0 Å². The summed E-state index contributed by atoms with van der Waals surface area (Å²) in [6, 6.07) is 3.70. The number of benzene rings is 1. The summed E-state index contributed by atoms with van der Waals surface area (Å²) in [5, 5.41) is 21.5. The van der Waals surface area contributed by atoms with Crippen LogP contribution >= 0.6 is 0 Å². The van der Waals surface area contributed by atoms with E-state index in [4.69, 9.17) is 0 Å². The summed E-state index contributed by atoms with van der Waals surface area (Å²) in [5.41, 5.74) is 1.83. The largest absolute Gasteiger partial charge is 0.508 e. The number of rotatable bonds is 24. The molecule has 1 rings (SSSR count). The fourth-order valence-corrected chi connectivity index (χ4v) is 5.59. The van der Waals surface area contributed by atoms with Crippen molar-refractivity contribution >= 4 is 0 Å². The van der Waals surface area contributed by atoms with Crippen molar-refractivity contribution in [1.29, 1.82) is 0 Å². The second-order valence-electron chi connectivity index (χ2n) is 11.7. The summed E-state index contributed by atoms with van der Waals surface area (Å²) >= 11 is 0. The molecule has 2 heteroatoms. The monoisotopic (exact) mass is 502 g/mol. The third-order valence-electron chi connectivity index (χ3n) is 8.22. The number of phenolic OH excluding ortho intramolecular Hbond substituents is 2. The van der Waals surface area contributed by atoms with Crippen LogP contribution in [0.1, 0.15) is 192 Å². The predicted octanol–water partition coefficient (Wildman–Crippen LogP) is 11.9. The molecule has 0 saturated carbocycles. The van der Waals surface area contributed by atoms with E-state index in [-0.39, 0.29) is 11.8 Å². The van der Waals surface area contributed by atoms with Crippen LogP contribution in [-0.2, 0) is 0 Å². The maximum atomic E-state index is 10.7. The molecular weight excluding hydrogens is 440 g/mol. The van der Waals surface area contributed by atoms with E-state index < -0.39 is 0 Å². The molecule has 0 fully saturated rings. The maximum absolute atomic E-state index is 10.7. The van der Waals surface area contributed by atoms with E-state index >= 15 is 0 Å². The second kappa shape index (κ2) is 21.9. The summed E-state index contributed by atoms with van der Waals surface area (Å²) in [7, 11) is 0. The molecule has 1 aromatic rings. The molecular formula is C34H62O2. The Hall–Kier alpha value is -1.18. The van der Waals surface area contributed by atoms with E-state index in [1.54, 1.807) is 0 Å². The zero-order valence-corrected chi connectivity index (χ0v) is 24.8. The fraction of sp³-hybridized carbons (Fsp3) is 0.824. The van der Waals surface area contributed by atoms with E-state index in [1.165, 1.54) is 128 Å². The van der Waals surface area contributed by atoms with Crippen molar-refractivity contribution in [2.24, 2.45) is 0 Å². The van der Waals surface area contributed by atoms with Gasteiger partial charge in [-0.1, -0.05) is 156 Å². The molecule has 0 radical (unpaired) electrons. The first-order valence-corrected chi connectivity index (χ1v) is 16.1. The standard InChI is InChI=1S/C34H62O2/c1-5-7-9-11-13-15-17-19-21-23-25-29(3)31-27-34(36)32(28-33(31)35)30(4)26-24-22-20-18-16-14-12-10-8-6-2/h27-30,35-36H,5-26H2,1-4H3. The summed E-state index contributed by atoms with van der Waals surface area (Å²) in [4.78, 5) is 0. The van der Waals surface area contributed by atoms with Gasteiger partial charge in [-0.3, -0.25) is 0 Å². The van der Waals surface area contributed by atoms with Gasteiger partial charge in [-0.25, -0.2) is 0 Å². The third-order valence-corrected chi connectivity index (χ3v) is 8.22. The van der Waals surface area contributed by atoms with Crippen molar-refractivity contribution in [3.63, 3.8) is 0 Å². The number of phenols is 2. The third kappa shape index (κ3) is 15.2. The molecule has 0 aliphatic rings. The van der Waals surface area contributed by atoms with Gasteiger partial charge in [0.15, 0.2) is 0 Å². The average molecular weight is 503 g/mol. The van der Waals surface area contributed by atoms with Crippen molar-refractivity contribution in [3.8, 4) is 11.5 Å². The minimum Gasteiger partial charge on any atom is -0.508 e. The van der Waals surface area contributed by atoms with Crippen LogP contribution in [0.15, 0.2) is 12.1 Å². The molecule has 2 N–H and O–H groups in total. The molecule has 0 saturated heterocycles. The molecule has 36 heavy (non-hydrogen) atoms. The van der Waals surface area contributed by atoms with E-state index in [1.807, 2.05) is 12.1 Å². The summed E-state index contributed by atoms with van der Waals surface area (Å²) in [5.74, 6) is 1.32. The Morgan fingerprint density at radius 3 is 0.972 bits per heavy atom. The number of hydrogen-bond donors (Lipinski definition) is 2. The highest BCUT2D eigenvalue weighted by molar-refractivity contribution is 5.47. The Bertz CT molecular complexity index is 583. The van der Waals surface area contributed by atoms with Gasteiger partial charge in [0.1, 0.15) is 11.5 Å². The first-order valence-electron chi connectivity index (χ1n) is 16.1. The molecule has 0 aromatic heterocycles. The first kappa shape index (κ1) is 32.8. The van der Waals surface area contributed by atoms with Gasteiger partial charge in [-0.2, -0.15) is 0 Å². The van der Waals surface area contributed by atoms with Gasteiger partial charge < -0.3 is 10.2 Å². The normalized spacial score (nSPS) is 13.2. The van der Waals surface area contributed by atoms with Gasteiger partial charge in [0.2, 0.25) is 0 Å². The van der Waals surface area contributed by atoms with Crippen molar-refractivity contribution in [2.45, 2.75) is 181 Å². The smallest absolute Gasteiger partial charge is 0.119 e. The topological polar surface area (TPSA) is 40.5 Å². The quantitative estimate of drug-likeness (QED) is 0.109. The van der Waals surface area contributed by atoms with Crippen LogP contribution in [0.3, 0.4) is 0 Å². The highest BCUT2D eigenvalue weighted by Gasteiger charge is 2.17. The summed E-state index contributed by atoms with van der Waals surface area (Å²) in [6.07, 6.45) is 29.1. The van der Waals surface area contributed by atoms with Crippen LogP contribution in [0, 0.1) is 0 Å². The van der Waals surface area contributed by atoms with Crippen molar-refractivity contribution in [3.05, 3.63) is 23.3 Å². The highest BCUT2D eigenvalue weighted by atomic mass is 16.3. The van der Waals surface area contributed by atoms with Crippen LogP contribution in [0.4, 0.5) is 0 Å². The molecule has 2 atom stereocenters. The molecule has 1 aromatic carbocycles.